The van der Waals surface area contributed by atoms with Crippen molar-refractivity contribution < 1.29 is 4.74 Å². The molecular weight excluding hydrogens is 220 g/mol. The molecular formula is C12H14N2OS. The van der Waals surface area contributed by atoms with E-state index < -0.39 is 0 Å². The van der Waals surface area contributed by atoms with Gasteiger partial charge in [-0.05, 0) is 31.5 Å². The van der Waals surface area contributed by atoms with Crippen molar-refractivity contribution >= 4 is 27.2 Å². The SMILES string of the molecule is CC1OCCC1Nc1ccc2ncsc2c1. The molecule has 1 aliphatic rings. The lowest BCUT2D eigenvalue weighted by atomic mass is 10.1. The molecule has 1 N–H and O–H groups in total. The number of fused-ring (bicyclic) bond motifs is 1. The van der Waals surface area contributed by atoms with Crippen LogP contribution in [0.15, 0.2) is 23.7 Å². The highest BCUT2D eigenvalue weighted by atomic mass is 32.1. The van der Waals surface area contributed by atoms with Crippen molar-refractivity contribution in [3.8, 4) is 0 Å². The molecule has 84 valence electrons. The third kappa shape index (κ3) is 1.79. The van der Waals surface area contributed by atoms with Crippen LogP contribution in [0.2, 0.25) is 0 Å². The van der Waals surface area contributed by atoms with Crippen molar-refractivity contribution in [2.75, 3.05) is 11.9 Å². The van der Waals surface area contributed by atoms with Crippen LogP contribution in [0.1, 0.15) is 13.3 Å². The molecule has 1 aliphatic heterocycles. The van der Waals surface area contributed by atoms with Crippen LogP contribution < -0.4 is 5.32 Å². The molecule has 1 saturated heterocycles. The Morgan fingerprint density at radius 3 is 3.25 bits per heavy atom. The number of aromatic nitrogens is 1. The molecule has 4 heteroatoms. The molecule has 2 aromatic rings. The fourth-order valence-electron chi connectivity index (χ4n) is 2.08. The Kier molecular flexibility index (Phi) is 2.53. The van der Waals surface area contributed by atoms with Crippen LogP contribution in [0.25, 0.3) is 10.2 Å². The molecule has 0 radical (unpaired) electrons. The van der Waals surface area contributed by atoms with E-state index >= 15 is 0 Å². The first-order valence-corrected chi connectivity index (χ1v) is 6.42. The summed E-state index contributed by atoms with van der Waals surface area (Å²) in [5.41, 5.74) is 4.13. The predicted octanol–water partition coefficient (Wildman–Crippen LogP) is 2.89. The van der Waals surface area contributed by atoms with Gasteiger partial charge in [-0.25, -0.2) is 4.98 Å². The number of nitrogens with one attached hydrogen (secondary N) is 1. The van der Waals surface area contributed by atoms with Gasteiger partial charge in [0.2, 0.25) is 0 Å². The summed E-state index contributed by atoms with van der Waals surface area (Å²) in [6.07, 6.45) is 1.39. The molecule has 2 atom stereocenters. The van der Waals surface area contributed by atoms with Crippen LogP contribution in [-0.4, -0.2) is 23.7 Å². The molecule has 16 heavy (non-hydrogen) atoms. The van der Waals surface area contributed by atoms with Gasteiger partial charge in [0.05, 0.1) is 27.9 Å². The van der Waals surface area contributed by atoms with E-state index in [9.17, 15) is 0 Å². The zero-order chi connectivity index (χ0) is 11.0. The maximum atomic E-state index is 5.54. The van der Waals surface area contributed by atoms with Gasteiger partial charge in [-0.15, -0.1) is 11.3 Å². The van der Waals surface area contributed by atoms with E-state index in [-0.39, 0.29) is 0 Å². The first-order chi connectivity index (χ1) is 7.83. The molecule has 1 aromatic heterocycles. The van der Waals surface area contributed by atoms with Crippen LogP contribution in [-0.2, 0) is 4.74 Å². The molecule has 1 fully saturated rings. The second-order valence-corrected chi connectivity index (χ2v) is 5.04. The Balaban J connectivity index is 1.83. The Bertz CT molecular complexity index is 496. The van der Waals surface area contributed by atoms with E-state index in [1.165, 1.54) is 10.4 Å². The molecule has 2 heterocycles. The van der Waals surface area contributed by atoms with Gasteiger partial charge in [-0.3, -0.25) is 0 Å². The first kappa shape index (κ1) is 10.1. The summed E-state index contributed by atoms with van der Waals surface area (Å²) >= 11 is 1.68. The maximum absolute atomic E-state index is 5.54. The Morgan fingerprint density at radius 1 is 1.50 bits per heavy atom. The lowest BCUT2D eigenvalue weighted by Crippen LogP contribution is -2.26. The van der Waals surface area contributed by atoms with Gasteiger partial charge in [0.15, 0.2) is 0 Å². The van der Waals surface area contributed by atoms with Crippen LogP contribution in [0.4, 0.5) is 5.69 Å². The van der Waals surface area contributed by atoms with E-state index in [0.29, 0.717) is 12.1 Å². The molecule has 3 nitrogen and oxygen atoms in total. The third-order valence-electron chi connectivity index (χ3n) is 3.06. The summed E-state index contributed by atoms with van der Waals surface area (Å²) in [6, 6.07) is 6.75. The minimum absolute atomic E-state index is 0.303. The second-order valence-electron chi connectivity index (χ2n) is 4.15. The number of nitrogens with zero attached hydrogens (tertiary/aromatic N) is 1. The maximum Gasteiger partial charge on any atom is 0.0813 e. The number of anilines is 1. The number of benzene rings is 1. The number of hydrogen-bond donors (Lipinski definition) is 1. The van der Waals surface area contributed by atoms with Crippen molar-refractivity contribution in [3.63, 3.8) is 0 Å². The Hall–Kier alpha value is -1.13. The highest BCUT2D eigenvalue weighted by Crippen LogP contribution is 2.24. The average Bonchev–Trinajstić information content (AvgIpc) is 2.88. The highest BCUT2D eigenvalue weighted by molar-refractivity contribution is 7.16. The number of rotatable bonds is 2. The van der Waals surface area contributed by atoms with Gasteiger partial charge in [-0.2, -0.15) is 0 Å². The van der Waals surface area contributed by atoms with Gasteiger partial charge < -0.3 is 10.1 Å². The lowest BCUT2D eigenvalue weighted by molar-refractivity contribution is 0.121. The fourth-order valence-corrected chi connectivity index (χ4v) is 2.80. The van der Waals surface area contributed by atoms with Gasteiger partial charge in [0.25, 0.3) is 0 Å². The minimum atomic E-state index is 0.303. The Labute approximate surface area is 98.5 Å². The summed E-state index contributed by atoms with van der Waals surface area (Å²) < 4.78 is 6.77. The van der Waals surface area contributed by atoms with E-state index in [1.54, 1.807) is 11.3 Å². The topological polar surface area (TPSA) is 34.1 Å². The lowest BCUT2D eigenvalue weighted by Gasteiger charge is -2.17. The molecule has 0 spiro atoms. The normalized spacial score (nSPS) is 25.1. The standard InChI is InChI=1S/C12H14N2OS/c1-8-10(4-5-15-8)14-9-2-3-11-12(6-9)16-7-13-11/h2-3,6-8,10,14H,4-5H2,1H3. The molecule has 0 saturated carbocycles. The Morgan fingerprint density at radius 2 is 2.44 bits per heavy atom. The van der Waals surface area contributed by atoms with Gasteiger partial charge in [0, 0.05) is 12.3 Å². The van der Waals surface area contributed by atoms with Crippen molar-refractivity contribution in [1.29, 1.82) is 0 Å². The van der Waals surface area contributed by atoms with Crippen molar-refractivity contribution in [3.05, 3.63) is 23.7 Å². The first-order valence-electron chi connectivity index (χ1n) is 5.54. The third-order valence-corrected chi connectivity index (χ3v) is 3.85. The van der Waals surface area contributed by atoms with E-state index in [1.807, 2.05) is 5.51 Å². The molecule has 0 amide bonds. The highest BCUT2D eigenvalue weighted by Gasteiger charge is 2.23. The number of ether oxygens (including phenoxy) is 1. The number of hydrogen-bond acceptors (Lipinski definition) is 4. The largest absolute Gasteiger partial charge is 0.380 e. The smallest absolute Gasteiger partial charge is 0.0813 e. The van der Waals surface area contributed by atoms with E-state index in [4.69, 9.17) is 4.74 Å². The van der Waals surface area contributed by atoms with Crippen LogP contribution in [0.5, 0.6) is 0 Å². The van der Waals surface area contributed by atoms with Gasteiger partial charge in [0.1, 0.15) is 0 Å². The van der Waals surface area contributed by atoms with Gasteiger partial charge >= 0.3 is 0 Å². The average molecular weight is 234 g/mol. The summed E-state index contributed by atoms with van der Waals surface area (Å²) in [6.45, 7) is 2.98. The molecule has 3 rings (SSSR count). The zero-order valence-electron chi connectivity index (χ0n) is 9.14. The van der Waals surface area contributed by atoms with Crippen molar-refractivity contribution in [2.45, 2.75) is 25.5 Å². The van der Waals surface area contributed by atoms with Crippen molar-refractivity contribution in [1.82, 2.24) is 4.98 Å². The molecule has 2 unspecified atom stereocenters. The van der Waals surface area contributed by atoms with Crippen LogP contribution >= 0.6 is 11.3 Å². The van der Waals surface area contributed by atoms with Gasteiger partial charge in [-0.1, -0.05) is 0 Å². The quantitative estimate of drug-likeness (QED) is 0.867. The fraction of sp³-hybridized carbons (Fsp3) is 0.417. The summed E-state index contributed by atoms with van der Waals surface area (Å²) in [7, 11) is 0. The van der Waals surface area contributed by atoms with E-state index in [2.05, 4.69) is 35.4 Å². The zero-order valence-corrected chi connectivity index (χ0v) is 9.96. The molecule has 0 bridgehead atoms. The van der Waals surface area contributed by atoms with Crippen molar-refractivity contribution in [2.24, 2.45) is 0 Å². The second kappa shape index (κ2) is 4.03. The van der Waals surface area contributed by atoms with Crippen LogP contribution in [0.3, 0.4) is 0 Å². The predicted molar refractivity (Wildman–Crippen MR) is 67.1 cm³/mol. The monoisotopic (exact) mass is 234 g/mol. The summed E-state index contributed by atoms with van der Waals surface area (Å²) in [5.74, 6) is 0. The molecule has 0 aliphatic carbocycles. The summed E-state index contributed by atoms with van der Waals surface area (Å²) in [4.78, 5) is 4.27. The molecule has 1 aromatic carbocycles. The summed E-state index contributed by atoms with van der Waals surface area (Å²) in [5, 5.41) is 3.53. The van der Waals surface area contributed by atoms with E-state index in [0.717, 1.165) is 18.5 Å². The minimum Gasteiger partial charge on any atom is -0.380 e. The van der Waals surface area contributed by atoms with Crippen LogP contribution in [0, 0.1) is 0 Å². The number of thiazole rings is 1.